The van der Waals surface area contributed by atoms with Gasteiger partial charge in [-0.15, -0.1) is 0 Å². The molecule has 1 N–H and O–H groups in total. The maximum Gasteiger partial charge on any atom is 0.122 e. The molecule has 0 saturated carbocycles. The second kappa shape index (κ2) is 6.03. The molecule has 1 aromatic rings. The van der Waals surface area contributed by atoms with Crippen molar-refractivity contribution in [3.05, 3.63) is 18.2 Å². The van der Waals surface area contributed by atoms with E-state index < -0.39 is 0 Å². The zero-order chi connectivity index (χ0) is 13.1. The van der Waals surface area contributed by atoms with E-state index in [1.54, 1.807) is 0 Å². The minimum Gasteiger partial charge on any atom is -0.377 e. The number of ether oxygens (including phenoxy) is 1. The van der Waals surface area contributed by atoms with Crippen LogP contribution in [-0.4, -0.2) is 52.8 Å². The summed E-state index contributed by atoms with van der Waals surface area (Å²) >= 11 is 0. The third kappa shape index (κ3) is 3.16. The van der Waals surface area contributed by atoms with Crippen LogP contribution in [0.2, 0.25) is 0 Å². The Morgan fingerprint density at radius 3 is 3.32 bits per heavy atom. The van der Waals surface area contributed by atoms with Crippen molar-refractivity contribution in [3.8, 4) is 0 Å². The molecule has 5 nitrogen and oxygen atoms in total. The Kier molecular flexibility index (Phi) is 4.15. The lowest BCUT2D eigenvalue weighted by atomic mass is 10.2. The van der Waals surface area contributed by atoms with Crippen LogP contribution in [0, 0.1) is 0 Å². The molecule has 2 atom stereocenters. The van der Waals surface area contributed by atoms with Gasteiger partial charge in [0, 0.05) is 51.2 Å². The van der Waals surface area contributed by atoms with Crippen molar-refractivity contribution in [1.29, 1.82) is 0 Å². The first kappa shape index (κ1) is 13.1. The molecule has 0 amide bonds. The van der Waals surface area contributed by atoms with Gasteiger partial charge in [-0.2, -0.15) is 0 Å². The Morgan fingerprint density at radius 2 is 2.47 bits per heavy atom. The minimum atomic E-state index is 0.437. The van der Waals surface area contributed by atoms with Gasteiger partial charge in [0.25, 0.3) is 0 Å². The highest BCUT2D eigenvalue weighted by atomic mass is 16.5. The normalized spacial score (nSPS) is 25.4. The van der Waals surface area contributed by atoms with E-state index in [1.807, 2.05) is 6.20 Å². The molecule has 1 saturated heterocycles. The summed E-state index contributed by atoms with van der Waals surface area (Å²) in [5, 5.41) is 3.55. The molecule has 5 heteroatoms. The smallest absolute Gasteiger partial charge is 0.122 e. The molecule has 2 unspecified atom stereocenters. The highest BCUT2D eigenvalue weighted by Gasteiger charge is 2.21. The van der Waals surface area contributed by atoms with Crippen LogP contribution in [0.25, 0.3) is 0 Å². The molecule has 0 aliphatic carbocycles. The summed E-state index contributed by atoms with van der Waals surface area (Å²) in [5.41, 5.74) is 0. The molecule has 0 radical (unpaired) electrons. The van der Waals surface area contributed by atoms with Crippen LogP contribution >= 0.6 is 0 Å². The van der Waals surface area contributed by atoms with Gasteiger partial charge in [-0.25, -0.2) is 4.98 Å². The summed E-state index contributed by atoms with van der Waals surface area (Å²) in [6.07, 6.45) is 6.85. The van der Waals surface area contributed by atoms with E-state index >= 15 is 0 Å². The summed E-state index contributed by atoms with van der Waals surface area (Å²) < 4.78 is 7.88. The van der Waals surface area contributed by atoms with Crippen molar-refractivity contribution < 1.29 is 4.74 Å². The van der Waals surface area contributed by atoms with Crippen LogP contribution in [0.1, 0.15) is 25.6 Å². The highest BCUT2D eigenvalue weighted by molar-refractivity contribution is 4.96. The summed E-state index contributed by atoms with van der Waals surface area (Å²) in [6.45, 7) is 8.40. The first-order chi connectivity index (χ1) is 9.33. The fraction of sp³-hybridized carbons (Fsp3) is 0.786. The molecule has 106 valence electrons. The lowest BCUT2D eigenvalue weighted by Gasteiger charge is -2.33. The SMILES string of the molecule is CC(CNCC1CCCO1)N1CCn2ccnc2C1. The summed E-state index contributed by atoms with van der Waals surface area (Å²) in [6, 6.07) is 0.548. The third-order valence-corrected chi connectivity index (χ3v) is 4.23. The van der Waals surface area contributed by atoms with Crippen LogP contribution in [0.3, 0.4) is 0 Å². The zero-order valence-corrected chi connectivity index (χ0v) is 11.7. The van der Waals surface area contributed by atoms with Gasteiger partial charge in [0.15, 0.2) is 0 Å². The van der Waals surface area contributed by atoms with Gasteiger partial charge < -0.3 is 14.6 Å². The molecule has 0 spiro atoms. The monoisotopic (exact) mass is 264 g/mol. The average molecular weight is 264 g/mol. The predicted molar refractivity (Wildman–Crippen MR) is 73.9 cm³/mol. The van der Waals surface area contributed by atoms with Crippen LogP contribution in [0.4, 0.5) is 0 Å². The van der Waals surface area contributed by atoms with E-state index in [1.165, 1.54) is 18.7 Å². The highest BCUT2D eigenvalue weighted by Crippen LogP contribution is 2.13. The van der Waals surface area contributed by atoms with Crippen molar-refractivity contribution in [2.24, 2.45) is 0 Å². The van der Waals surface area contributed by atoms with Crippen LogP contribution in [-0.2, 0) is 17.8 Å². The molecule has 1 fully saturated rings. The minimum absolute atomic E-state index is 0.437. The van der Waals surface area contributed by atoms with E-state index in [9.17, 15) is 0 Å². The standard InChI is InChI=1S/C14H24N4O/c1-12(9-15-10-13-3-2-8-19-13)18-7-6-17-5-4-16-14(17)11-18/h4-5,12-13,15H,2-3,6-11H2,1H3. The Morgan fingerprint density at radius 1 is 1.53 bits per heavy atom. The average Bonchev–Trinajstić information content (AvgIpc) is 3.08. The van der Waals surface area contributed by atoms with E-state index in [0.717, 1.165) is 39.3 Å². The van der Waals surface area contributed by atoms with E-state index in [0.29, 0.717) is 12.1 Å². The van der Waals surface area contributed by atoms with Crippen LogP contribution in [0.15, 0.2) is 12.4 Å². The molecule has 3 heterocycles. The summed E-state index contributed by atoms with van der Waals surface area (Å²) in [7, 11) is 0. The Balaban J connectivity index is 1.42. The molecule has 3 rings (SSSR count). The maximum atomic E-state index is 5.63. The number of nitrogens with zero attached hydrogens (tertiary/aromatic N) is 3. The second-order valence-electron chi connectivity index (χ2n) is 5.65. The van der Waals surface area contributed by atoms with Gasteiger partial charge in [0.05, 0.1) is 12.6 Å². The molecule has 2 aliphatic heterocycles. The lowest BCUT2D eigenvalue weighted by Crippen LogP contribution is -2.45. The van der Waals surface area contributed by atoms with E-state index in [-0.39, 0.29) is 0 Å². The molecule has 0 aromatic carbocycles. The van der Waals surface area contributed by atoms with Crippen molar-refractivity contribution in [1.82, 2.24) is 19.8 Å². The van der Waals surface area contributed by atoms with Gasteiger partial charge in [-0.1, -0.05) is 0 Å². The summed E-state index contributed by atoms with van der Waals surface area (Å²) in [4.78, 5) is 6.92. The van der Waals surface area contributed by atoms with E-state index in [2.05, 4.69) is 32.9 Å². The van der Waals surface area contributed by atoms with Crippen molar-refractivity contribution in [2.75, 3.05) is 26.2 Å². The fourth-order valence-electron chi connectivity index (χ4n) is 2.96. The molecular weight excluding hydrogens is 240 g/mol. The van der Waals surface area contributed by atoms with Crippen molar-refractivity contribution >= 4 is 0 Å². The van der Waals surface area contributed by atoms with Gasteiger partial charge in [-0.05, 0) is 19.8 Å². The Labute approximate surface area is 114 Å². The van der Waals surface area contributed by atoms with E-state index in [4.69, 9.17) is 4.74 Å². The van der Waals surface area contributed by atoms with Crippen molar-refractivity contribution in [3.63, 3.8) is 0 Å². The van der Waals surface area contributed by atoms with Gasteiger partial charge in [0.2, 0.25) is 0 Å². The van der Waals surface area contributed by atoms with Gasteiger partial charge in [0.1, 0.15) is 5.82 Å². The number of fused-ring (bicyclic) bond motifs is 1. The van der Waals surface area contributed by atoms with Gasteiger partial charge >= 0.3 is 0 Å². The number of imidazole rings is 1. The summed E-state index contributed by atoms with van der Waals surface area (Å²) in [5.74, 6) is 1.19. The first-order valence-corrected chi connectivity index (χ1v) is 7.39. The molecule has 0 bridgehead atoms. The topological polar surface area (TPSA) is 42.3 Å². The molecular formula is C14H24N4O. The number of hydrogen-bond acceptors (Lipinski definition) is 4. The Hall–Kier alpha value is -0.910. The third-order valence-electron chi connectivity index (χ3n) is 4.23. The first-order valence-electron chi connectivity index (χ1n) is 7.39. The molecule has 2 aliphatic rings. The fourth-order valence-corrected chi connectivity index (χ4v) is 2.96. The second-order valence-corrected chi connectivity index (χ2v) is 5.65. The van der Waals surface area contributed by atoms with Crippen LogP contribution in [0.5, 0.6) is 0 Å². The maximum absolute atomic E-state index is 5.63. The Bertz CT molecular complexity index is 400. The molecule has 19 heavy (non-hydrogen) atoms. The number of hydrogen-bond donors (Lipinski definition) is 1. The van der Waals surface area contributed by atoms with Crippen LogP contribution < -0.4 is 5.32 Å². The van der Waals surface area contributed by atoms with Gasteiger partial charge in [-0.3, -0.25) is 4.90 Å². The quantitative estimate of drug-likeness (QED) is 0.856. The predicted octanol–water partition coefficient (Wildman–Crippen LogP) is 0.856. The van der Waals surface area contributed by atoms with Crippen molar-refractivity contribution in [2.45, 2.75) is 45.0 Å². The zero-order valence-electron chi connectivity index (χ0n) is 11.7. The largest absolute Gasteiger partial charge is 0.377 e. The number of rotatable bonds is 5. The molecule has 1 aromatic heterocycles. The number of nitrogens with one attached hydrogen (secondary N) is 1. The number of aromatic nitrogens is 2. The lowest BCUT2D eigenvalue weighted by molar-refractivity contribution is 0.105.